The fourth-order valence-electron chi connectivity index (χ4n) is 3.19. The van der Waals surface area contributed by atoms with Crippen molar-refractivity contribution >= 4 is 35.0 Å². The van der Waals surface area contributed by atoms with Crippen molar-refractivity contribution in [3.05, 3.63) is 69.2 Å². The van der Waals surface area contributed by atoms with Crippen LogP contribution in [-0.2, 0) is 22.6 Å². The summed E-state index contributed by atoms with van der Waals surface area (Å²) >= 11 is 12.6. The van der Waals surface area contributed by atoms with Crippen LogP contribution in [0.3, 0.4) is 0 Å². The number of carbonyl (C=O) groups excluding carboxylic acids is 2. The number of hydrogen-bond donors (Lipinski definition) is 1. The van der Waals surface area contributed by atoms with Gasteiger partial charge in [0.2, 0.25) is 11.8 Å². The Morgan fingerprint density at radius 2 is 1.63 bits per heavy atom. The minimum atomic E-state index is -0.571. The lowest BCUT2D eigenvalue weighted by atomic mass is 10.1. The molecule has 6 heteroatoms. The van der Waals surface area contributed by atoms with E-state index in [0.717, 1.165) is 11.1 Å². The molecule has 2 aromatic rings. The molecule has 2 aromatic carbocycles. The standard InChI is InChI=1S/C24H30Cl2N2O2/c1-5-22(24(30)27-14-16(2)3)28(15-18-11-9-17(4)10-12-18)23(29)13-19-20(25)7-6-8-21(19)26/h6-12,16,22H,5,13-15H2,1-4H3,(H,27,30). The topological polar surface area (TPSA) is 49.4 Å². The number of benzene rings is 2. The summed E-state index contributed by atoms with van der Waals surface area (Å²) in [7, 11) is 0. The lowest BCUT2D eigenvalue weighted by Crippen LogP contribution is -2.50. The van der Waals surface area contributed by atoms with Gasteiger partial charge in [0, 0.05) is 23.1 Å². The molecule has 0 saturated heterocycles. The van der Waals surface area contributed by atoms with Crippen molar-refractivity contribution in [2.45, 2.75) is 53.1 Å². The monoisotopic (exact) mass is 448 g/mol. The second-order valence-electron chi connectivity index (χ2n) is 7.95. The summed E-state index contributed by atoms with van der Waals surface area (Å²) in [5.41, 5.74) is 2.69. The van der Waals surface area contributed by atoms with Crippen molar-refractivity contribution < 1.29 is 9.59 Å². The molecule has 1 N–H and O–H groups in total. The molecule has 0 heterocycles. The Morgan fingerprint density at radius 1 is 1.03 bits per heavy atom. The second-order valence-corrected chi connectivity index (χ2v) is 8.76. The smallest absolute Gasteiger partial charge is 0.242 e. The largest absolute Gasteiger partial charge is 0.354 e. The van der Waals surface area contributed by atoms with E-state index in [2.05, 4.69) is 5.32 Å². The van der Waals surface area contributed by atoms with Crippen molar-refractivity contribution in [1.82, 2.24) is 10.2 Å². The molecule has 0 spiro atoms. The number of halogens is 2. The van der Waals surface area contributed by atoms with Crippen molar-refractivity contribution in [3.8, 4) is 0 Å². The van der Waals surface area contributed by atoms with Crippen LogP contribution in [0.5, 0.6) is 0 Å². The van der Waals surface area contributed by atoms with Gasteiger partial charge in [0.25, 0.3) is 0 Å². The van der Waals surface area contributed by atoms with Gasteiger partial charge in [0.1, 0.15) is 6.04 Å². The van der Waals surface area contributed by atoms with Gasteiger partial charge in [-0.05, 0) is 42.5 Å². The highest BCUT2D eigenvalue weighted by Crippen LogP contribution is 2.26. The quantitative estimate of drug-likeness (QED) is 0.556. The van der Waals surface area contributed by atoms with Crippen LogP contribution in [0.4, 0.5) is 0 Å². The summed E-state index contributed by atoms with van der Waals surface area (Å²) in [5.74, 6) is 0.00340. The van der Waals surface area contributed by atoms with Gasteiger partial charge in [-0.25, -0.2) is 0 Å². The van der Waals surface area contributed by atoms with Gasteiger partial charge in [0.05, 0.1) is 6.42 Å². The Bertz CT molecular complexity index is 846. The maximum absolute atomic E-state index is 13.4. The van der Waals surface area contributed by atoms with Crippen LogP contribution in [0.1, 0.15) is 43.9 Å². The molecule has 2 rings (SSSR count). The van der Waals surface area contributed by atoms with Crippen LogP contribution in [0.15, 0.2) is 42.5 Å². The SMILES string of the molecule is CCC(C(=O)NCC(C)C)N(Cc1ccc(C)cc1)C(=O)Cc1c(Cl)cccc1Cl. The zero-order valence-corrected chi connectivity index (χ0v) is 19.6. The molecule has 0 saturated carbocycles. The fraction of sp³-hybridized carbons (Fsp3) is 0.417. The van der Waals surface area contributed by atoms with E-state index in [-0.39, 0.29) is 18.2 Å². The summed E-state index contributed by atoms with van der Waals surface area (Å²) in [6.07, 6.45) is 0.552. The summed E-state index contributed by atoms with van der Waals surface area (Å²) in [5, 5.41) is 3.86. The molecule has 2 amide bonds. The molecule has 0 bridgehead atoms. The molecule has 0 aromatic heterocycles. The van der Waals surface area contributed by atoms with Crippen LogP contribution in [0.25, 0.3) is 0 Å². The molecule has 0 aliphatic heterocycles. The number of carbonyl (C=O) groups is 2. The summed E-state index contributed by atoms with van der Waals surface area (Å²) < 4.78 is 0. The maximum atomic E-state index is 13.4. The van der Waals surface area contributed by atoms with E-state index in [9.17, 15) is 9.59 Å². The number of aryl methyl sites for hydroxylation is 1. The molecule has 0 fully saturated rings. The maximum Gasteiger partial charge on any atom is 0.242 e. The summed E-state index contributed by atoms with van der Waals surface area (Å²) in [6, 6.07) is 12.6. The molecule has 30 heavy (non-hydrogen) atoms. The molecule has 0 radical (unpaired) electrons. The Balaban J connectivity index is 2.32. The van der Waals surface area contributed by atoms with Crippen LogP contribution in [0.2, 0.25) is 10.0 Å². The first-order chi connectivity index (χ1) is 14.2. The van der Waals surface area contributed by atoms with Gasteiger partial charge < -0.3 is 10.2 Å². The third-order valence-electron chi connectivity index (χ3n) is 4.93. The lowest BCUT2D eigenvalue weighted by molar-refractivity contribution is -0.141. The molecule has 0 aliphatic rings. The Hall–Kier alpha value is -2.04. The Kier molecular flexibility index (Phi) is 9.19. The van der Waals surface area contributed by atoms with E-state index < -0.39 is 6.04 Å². The van der Waals surface area contributed by atoms with E-state index in [0.29, 0.717) is 41.0 Å². The van der Waals surface area contributed by atoms with Crippen LogP contribution in [0, 0.1) is 12.8 Å². The Labute approximate surface area is 189 Å². The highest BCUT2D eigenvalue weighted by Gasteiger charge is 2.29. The van der Waals surface area contributed by atoms with Crippen molar-refractivity contribution in [2.24, 2.45) is 5.92 Å². The van der Waals surface area contributed by atoms with E-state index in [4.69, 9.17) is 23.2 Å². The highest BCUT2D eigenvalue weighted by molar-refractivity contribution is 6.36. The molecular formula is C24H30Cl2N2O2. The molecule has 162 valence electrons. The van der Waals surface area contributed by atoms with E-state index in [1.54, 1.807) is 23.1 Å². The summed E-state index contributed by atoms with van der Waals surface area (Å²) in [6.45, 7) is 8.91. The van der Waals surface area contributed by atoms with Gasteiger partial charge in [-0.2, -0.15) is 0 Å². The average molecular weight is 449 g/mol. The first-order valence-electron chi connectivity index (χ1n) is 10.3. The highest BCUT2D eigenvalue weighted by atomic mass is 35.5. The number of amides is 2. The van der Waals surface area contributed by atoms with Crippen LogP contribution < -0.4 is 5.32 Å². The van der Waals surface area contributed by atoms with Gasteiger partial charge in [-0.3, -0.25) is 9.59 Å². The zero-order chi connectivity index (χ0) is 22.3. The molecular weight excluding hydrogens is 419 g/mol. The van der Waals surface area contributed by atoms with Gasteiger partial charge in [-0.15, -0.1) is 0 Å². The zero-order valence-electron chi connectivity index (χ0n) is 18.0. The fourth-order valence-corrected chi connectivity index (χ4v) is 3.72. The van der Waals surface area contributed by atoms with Crippen LogP contribution in [-0.4, -0.2) is 29.3 Å². The number of nitrogens with one attached hydrogen (secondary N) is 1. The van der Waals surface area contributed by atoms with Gasteiger partial charge in [0.15, 0.2) is 0 Å². The van der Waals surface area contributed by atoms with E-state index in [1.165, 1.54) is 0 Å². The first kappa shape index (κ1) is 24.2. The minimum Gasteiger partial charge on any atom is -0.354 e. The van der Waals surface area contributed by atoms with E-state index in [1.807, 2.05) is 52.0 Å². The first-order valence-corrected chi connectivity index (χ1v) is 11.0. The van der Waals surface area contributed by atoms with Crippen LogP contribution >= 0.6 is 23.2 Å². The minimum absolute atomic E-state index is 0.0400. The Morgan fingerprint density at radius 3 is 2.17 bits per heavy atom. The third-order valence-corrected chi connectivity index (χ3v) is 5.64. The number of nitrogens with zero attached hydrogens (tertiary/aromatic N) is 1. The molecule has 1 unspecified atom stereocenters. The molecule has 0 aliphatic carbocycles. The normalized spacial score (nSPS) is 12.0. The van der Waals surface area contributed by atoms with Crippen molar-refractivity contribution in [2.75, 3.05) is 6.54 Å². The number of rotatable bonds is 9. The van der Waals surface area contributed by atoms with E-state index >= 15 is 0 Å². The van der Waals surface area contributed by atoms with Gasteiger partial charge >= 0.3 is 0 Å². The molecule has 1 atom stereocenters. The van der Waals surface area contributed by atoms with Crippen molar-refractivity contribution in [3.63, 3.8) is 0 Å². The second kappa shape index (κ2) is 11.4. The number of hydrogen-bond acceptors (Lipinski definition) is 2. The molecule has 4 nitrogen and oxygen atoms in total. The predicted molar refractivity (Wildman–Crippen MR) is 124 cm³/mol. The average Bonchev–Trinajstić information content (AvgIpc) is 2.70. The third kappa shape index (κ3) is 6.75. The summed E-state index contributed by atoms with van der Waals surface area (Å²) in [4.78, 5) is 27.9. The van der Waals surface area contributed by atoms with Crippen molar-refractivity contribution in [1.29, 1.82) is 0 Å². The predicted octanol–water partition coefficient (Wildman–Crippen LogP) is 5.42. The lowest BCUT2D eigenvalue weighted by Gasteiger charge is -2.31. The van der Waals surface area contributed by atoms with Gasteiger partial charge in [-0.1, -0.05) is 79.9 Å².